The lowest BCUT2D eigenvalue weighted by Crippen LogP contribution is -2.30. The standard InChI is InChI=1S/C13H24N2O/c1-11(2)10-12(13(16)15(3)4)8-6-5-7-9-14/h11-12H,5-8,10H2,1-4H3. The molecule has 0 aliphatic rings. The van der Waals surface area contributed by atoms with Gasteiger partial charge in [0.1, 0.15) is 0 Å². The number of unbranched alkanes of at least 4 members (excludes halogenated alkanes) is 2. The molecule has 92 valence electrons. The molecular weight excluding hydrogens is 200 g/mol. The number of hydrogen-bond acceptors (Lipinski definition) is 2. The van der Waals surface area contributed by atoms with E-state index in [1.54, 1.807) is 4.90 Å². The minimum Gasteiger partial charge on any atom is -0.349 e. The van der Waals surface area contributed by atoms with Crippen molar-refractivity contribution >= 4 is 5.91 Å². The van der Waals surface area contributed by atoms with Crippen LogP contribution in [0.3, 0.4) is 0 Å². The van der Waals surface area contributed by atoms with Gasteiger partial charge in [0.25, 0.3) is 0 Å². The Morgan fingerprint density at radius 2 is 1.94 bits per heavy atom. The molecule has 1 atom stereocenters. The van der Waals surface area contributed by atoms with Crippen LogP contribution in [0.5, 0.6) is 0 Å². The Bertz CT molecular complexity index is 241. The first-order valence-corrected chi connectivity index (χ1v) is 6.07. The summed E-state index contributed by atoms with van der Waals surface area (Å²) in [5, 5.41) is 8.45. The van der Waals surface area contributed by atoms with Crippen molar-refractivity contribution in [2.75, 3.05) is 14.1 Å². The van der Waals surface area contributed by atoms with Crippen molar-refractivity contribution < 1.29 is 4.79 Å². The number of rotatable bonds is 7. The molecule has 0 rings (SSSR count). The third-order valence-corrected chi connectivity index (χ3v) is 2.64. The fourth-order valence-corrected chi connectivity index (χ4v) is 1.87. The highest BCUT2D eigenvalue weighted by Crippen LogP contribution is 2.20. The normalized spacial score (nSPS) is 12.2. The summed E-state index contributed by atoms with van der Waals surface area (Å²) in [4.78, 5) is 13.6. The van der Waals surface area contributed by atoms with E-state index in [2.05, 4.69) is 19.9 Å². The summed E-state index contributed by atoms with van der Waals surface area (Å²) in [6.45, 7) is 4.29. The molecule has 0 bridgehead atoms. The molecule has 0 spiro atoms. The molecule has 0 heterocycles. The Balaban J connectivity index is 4.11. The summed E-state index contributed by atoms with van der Waals surface area (Å²) in [6.07, 6.45) is 4.35. The predicted octanol–water partition coefficient (Wildman–Crippen LogP) is 2.82. The van der Waals surface area contributed by atoms with Crippen LogP contribution in [0.4, 0.5) is 0 Å². The lowest BCUT2D eigenvalue weighted by atomic mass is 9.91. The van der Waals surface area contributed by atoms with E-state index in [0.29, 0.717) is 12.3 Å². The minimum atomic E-state index is 0.133. The van der Waals surface area contributed by atoms with E-state index in [9.17, 15) is 4.79 Å². The van der Waals surface area contributed by atoms with Crippen LogP contribution in [0.2, 0.25) is 0 Å². The summed E-state index contributed by atoms with van der Waals surface area (Å²) in [5.74, 6) is 0.907. The number of nitriles is 1. The molecule has 1 unspecified atom stereocenters. The number of carbonyl (C=O) groups is 1. The summed E-state index contributed by atoms with van der Waals surface area (Å²) < 4.78 is 0. The van der Waals surface area contributed by atoms with Gasteiger partial charge in [-0.1, -0.05) is 20.3 Å². The minimum absolute atomic E-state index is 0.133. The summed E-state index contributed by atoms with van der Waals surface area (Å²) in [6, 6.07) is 2.14. The average molecular weight is 224 g/mol. The molecule has 0 aliphatic heterocycles. The molecule has 0 saturated heterocycles. The Morgan fingerprint density at radius 3 is 2.38 bits per heavy atom. The van der Waals surface area contributed by atoms with Gasteiger partial charge in [-0.25, -0.2) is 0 Å². The second kappa shape index (κ2) is 8.15. The molecule has 16 heavy (non-hydrogen) atoms. The smallest absolute Gasteiger partial charge is 0.225 e. The maximum Gasteiger partial charge on any atom is 0.225 e. The van der Waals surface area contributed by atoms with Crippen molar-refractivity contribution in [3.8, 4) is 6.07 Å². The molecule has 1 amide bonds. The number of carbonyl (C=O) groups excluding carboxylic acids is 1. The molecule has 3 nitrogen and oxygen atoms in total. The van der Waals surface area contributed by atoms with Crippen LogP contribution in [0, 0.1) is 23.2 Å². The van der Waals surface area contributed by atoms with Gasteiger partial charge in [-0.2, -0.15) is 5.26 Å². The van der Waals surface area contributed by atoms with E-state index in [-0.39, 0.29) is 11.8 Å². The molecule has 0 saturated carbocycles. The first-order chi connectivity index (χ1) is 7.49. The maximum absolute atomic E-state index is 11.9. The highest BCUT2D eigenvalue weighted by Gasteiger charge is 2.20. The van der Waals surface area contributed by atoms with Gasteiger partial charge in [-0.15, -0.1) is 0 Å². The van der Waals surface area contributed by atoms with E-state index >= 15 is 0 Å². The van der Waals surface area contributed by atoms with Crippen LogP contribution in [0.25, 0.3) is 0 Å². The Hall–Kier alpha value is -1.04. The van der Waals surface area contributed by atoms with Crippen LogP contribution in [-0.4, -0.2) is 24.9 Å². The van der Waals surface area contributed by atoms with Crippen LogP contribution in [-0.2, 0) is 4.79 Å². The van der Waals surface area contributed by atoms with Gasteiger partial charge >= 0.3 is 0 Å². The largest absolute Gasteiger partial charge is 0.349 e. The zero-order valence-corrected chi connectivity index (χ0v) is 11.0. The van der Waals surface area contributed by atoms with E-state index in [1.807, 2.05) is 14.1 Å². The maximum atomic E-state index is 11.9. The van der Waals surface area contributed by atoms with Gasteiger partial charge in [0.05, 0.1) is 6.07 Å². The van der Waals surface area contributed by atoms with Gasteiger partial charge in [-0.3, -0.25) is 4.79 Å². The average Bonchev–Trinajstić information content (AvgIpc) is 2.20. The van der Waals surface area contributed by atoms with Crippen molar-refractivity contribution in [2.24, 2.45) is 11.8 Å². The van der Waals surface area contributed by atoms with Crippen molar-refractivity contribution in [2.45, 2.75) is 46.0 Å². The van der Waals surface area contributed by atoms with E-state index in [4.69, 9.17) is 5.26 Å². The topological polar surface area (TPSA) is 44.1 Å². The van der Waals surface area contributed by atoms with Gasteiger partial charge in [0.15, 0.2) is 0 Å². The van der Waals surface area contributed by atoms with Gasteiger partial charge in [-0.05, 0) is 25.2 Å². The number of amides is 1. The van der Waals surface area contributed by atoms with Gasteiger partial charge in [0, 0.05) is 26.4 Å². The van der Waals surface area contributed by atoms with E-state index in [1.165, 1.54) is 0 Å². The van der Waals surface area contributed by atoms with Crippen molar-refractivity contribution in [1.82, 2.24) is 4.90 Å². The fourth-order valence-electron chi connectivity index (χ4n) is 1.87. The third kappa shape index (κ3) is 6.44. The lowest BCUT2D eigenvalue weighted by Gasteiger charge is -2.21. The molecule has 0 aromatic rings. The molecule has 0 aromatic heterocycles. The monoisotopic (exact) mass is 224 g/mol. The van der Waals surface area contributed by atoms with Crippen LogP contribution < -0.4 is 0 Å². The summed E-state index contributed by atoms with van der Waals surface area (Å²) in [5.41, 5.74) is 0. The highest BCUT2D eigenvalue weighted by atomic mass is 16.2. The van der Waals surface area contributed by atoms with Crippen molar-refractivity contribution in [1.29, 1.82) is 5.26 Å². The second-order valence-corrected chi connectivity index (χ2v) is 4.96. The van der Waals surface area contributed by atoms with Crippen LogP contribution >= 0.6 is 0 Å². The van der Waals surface area contributed by atoms with Gasteiger partial charge < -0.3 is 4.90 Å². The first-order valence-electron chi connectivity index (χ1n) is 6.07. The van der Waals surface area contributed by atoms with Gasteiger partial charge in [0.2, 0.25) is 5.91 Å². The molecule has 3 heteroatoms. The molecule has 0 N–H and O–H groups in total. The van der Waals surface area contributed by atoms with E-state index in [0.717, 1.165) is 25.7 Å². The highest BCUT2D eigenvalue weighted by molar-refractivity contribution is 5.78. The number of nitrogens with zero attached hydrogens (tertiary/aromatic N) is 2. The first kappa shape index (κ1) is 15.0. The third-order valence-electron chi connectivity index (χ3n) is 2.64. The molecule has 0 aliphatic carbocycles. The SMILES string of the molecule is CC(C)CC(CCCCC#N)C(=O)N(C)C. The zero-order chi connectivity index (χ0) is 12.6. The Labute approximate surface area is 99.4 Å². The van der Waals surface area contributed by atoms with Crippen molar-refractivity contribution in [3.05, 3.63) is 0 Å². The Kier molecular flexibility index (Phi) is 7.62. The molecular formula is C13H24N2O. The molecule has 0 radical (unpaired) electrons. The Morgan fingerprint density at radius 1 is 1.31 bits per heavy atom. The van der Waals surface area contributed by atoms with Crippen LogP contribution in [0.1, 0.15) is 46.0 Å². The summed E-state index contributed by atoms with van der Waals surface area (Å²) >= 11 is 0. The fraction of sp³-hybridized carbons (Fsp3) is 0.846. The summed E-state index contributed by atoms with van der Waals surface area (Å²) in [7, 11) is 3.62. The number of hydrogen-bond donors (Lipinski definition) is 0. The van der Waals surface area contributed by atoms with Crippen molar-refractivity contribution in [3.63, 3.8) is 0 Å². The predicted molar refractivity (Wildman–Crippen MR) is 65.7 cm³/mol. The van der Waals surface area contributed by atoms with E-state index < -0.39 is 0 Å². The molecule has 0 fully saturated rings. The molecule has 0 aromatic carbocycles. The second-order valence-electron chi connectivity index (χ2n) is 4.96. The lowest BCUT2D eigenvalue weighted by molar-refractivity contribution is -0.133. The zero-order valence-electron chi connectivity index (χ0n) is 11.0. The van der Waals surface area contributed by atoms with Crippen LogP contribution in [0.15, 0.2) is 0 Å². The quantitative estimate of drug-likeness (QED) is 0.624.